The second-order valence-corrected chi connectivity index (χ2v) is 7.67. The van der Waals surface area contributed by atoms with Gasteiger partial charge in [-0.15, -0.1) is 0 Å². The molecule has 9 heteroatoms. The summed E-state index contributed by atoms with van der Waals surface area (Å²) in [6.07, 6.45) is -1.13. The summed E-state index contributed by atoms with van der Waals surface area (Å²) in [6.45, 7) is 3.16. The van der Waals surface area contributed by atoms with Gasteiger partial charge >= 0.3 is 5.97 Å². The second kappa shape index (κ2) is 9.22. The number of para-hydroxylation sites is 1. The number of aromatic nitrogens is 2. The first-order valence-corrected chi connectivity index (χ1v) is 10.2. The molecule has 0 saturated heterocycles. The van der Waals surface area contributed by atoms with E-state index in [1.54, 1.807) is 42.9 Å². The summed E-state index contributed by atoms with van der Waals surface area (Å²) in [6, 6.07) is 13.9. The molecular formula is C22H22BrN3O5. The summed E-state index contributed by atoms with van der Waals surface area (Å²) in [5.41, 5.74) is 1.20. The molecule has 8 nitrogen and oxygen atoms in total. The average molecular weight is 488 g/mol. The Morgan fingerprint density at radius 3 is 2.45 bits per heavy atom. The third kappa shape index (κ3) is 4.56. The van der Waals surface area contributed by atoms with E-state index < -0.39 is 18.0 Å². The second-order valence-electron chi connectivity index (χ2n) is 6.82. The van der Waals surface area contributed by atoms with Gasteiger partial charge in [0.05, 0.1) is 24.1 Å². The number of carbonyl (C=O) groups excluding carboxylic acids is 2. The van der Waals surface area contributed by atoms with Crippen LogP contribution < -0.4 is 15.6 Å². The number of anilines is 1. The molecule has 0 saturated carbocycles. The van der Waals surface area contributed by atoms with Crippen LogP contribution in [-0.2, 0) is 16.6 Å². The minimum absolute atomic E-state index is 0.127. The zero-order valence-electron chi connectivity index (χ0n) is 17.5. The summed E-state index contributed by atoms with van der Waals surface area (Å²) in [5, 5.41) is 2.60. The van der Waals surface area contributed by atoms with Crippen LogP contribution in [0, 0.1) is 6.92 Å². The molecule has 1 amide bonds. The van der Waals surface area contributed by atoms with Gasteiger partial charge in [-0.2, -0.15) is 0 Å². The van der Waals surface area contributed by atoms with Gasteiger partial charge in [0.25, 0.3) is 11.5 Å². The summed E-state index contributed by atoms with van der Waals surface area (Å²) in [5.74, 6) is -0.827. The van der Waals surface area contributed by atoms with E-state index in [-0.39, 0.29) is 16.8 Å². The molecule has 3 rings (SSSR count). The summed E-state index contributed by atoms with van der Waals surface area (Å²) < 4.78 is 14.0. The minimum Gasteiger partial charge on any atom is -0.497 e. The fourth-order valence-corrected chi connectivity index (χ4v) is 3.41. The predicted octanol–water partition coefficient (Wildman–Crippen LogP) is 3.44. The van der Waals surface area contributed by atoms with Crippen LogP contribution in [0.4, 0.5) is 5.69 Å². The van der Waals surface area contributed by atoms with E-state index in [2.05, 4.69) is 21.2 Å². The number of nitrogens with one attached hydrogen (secondary N) is 1. The molecule has 0 spiro atoms. The number of hydrogen-bond donors (Lipinski definition) is 1. The van der Waals surface area contributed by atoms with E-state index >= 15 is 0 Å². The number of rotatable bonds is 6. The van der Waals surface area contributed by atoms with Crippen LogP contribution in [0.2, 0.25) is 0 Å². The minimum atomic E-state index is -1.13. The highest BCUT2D eigenvalue weighted by Crippen LogP contribution is 2.24. The summed E-state index contributed by atoms with van der Waals surface area (Å²) in [4.78, 5) is 38.1. The van der Waals surface area contributed by atoms with E-state index in [0.717, 1.165) is 0 Å². The molecule has 0 radical (unpaired) electrons. The molecule has 0 aliphatic carbocycles. The molecule has 1 atom stereocenters. The van der Waals surface area contributed by atoms with Crippen LogP contribution >= 0.6 is 15.9 Å². The number of hydrogen-bond acceptors (Lipinski definition) is 5. The van der Waals surface area contributed by atoms with Gasteiger partial charge in [0, 0.05) is 11.5 Å². The lowest BCUT2D eigenvalue weighted by Gasteiger charge is -2.14. The maximum absolute atomic E-state index is 12.9. The first-order chi connectivity index (χ1) is 14.7. The first kappa shape index (κ1) is 22.4. The van der Waals surface area contributed by atoms with Gasteiger partial charge < -0.3 is 14.8 Å². The Hall–Kier alpha value is -3.33. The Balaban J connectivity index is 1.79. The number of carbonyl (C=O) groups is 2. The van der Waals surface area contributed by atoms with Crippen molar-refractivity contribution in [3.63, 3.8) is 0 Å². The van der Waals surface area contributed by atoms with Crippen LogP contribution in [-0.4, -0.2) is 34.5 Å². The van der Waals surface area contributed by atoms with Crippen LogP contribution in [0.3, 0.4) is 0 Å². The van der Waals surface area contributed by atoms with Crippen molar-refractivity contribution in [3.8, 4) is 11.4 Å². The van der Waals surface area contributed by atoms with Crippen LogP contribution in [0.5, 0.6) is 5.75 Å². The van der Waals surface area contributed by atoms with E-state index in [0.29, 0.717) is 21.6 Å². The number of amides is 1. The molecule has 162 valence electrons. The van der Waals surface area contributed by atoms with E-state index in [1.165, 1.54) is 24.8 Å². The maximum Gasteiger partial charge on any atom is 0.340 e. The van der Waals surface area contributed by atoms with E-state index in [9.17, 15) is 14.4 Å². The van der Waals surface area contributed by atoms with Gasteiger partial charge in [-0.05, 0) is 60.1 Å². The molecule has 1 heterocycles. The number of nitrogens with zero attached hydrogens (tertiary/aromatic N) is 2. The number of ether oxygens (including phenoxy) is 2. The number of methoxy groups -OCH3 is 1. The molecule has 0 aliphatic rings. The highest BCUT2D eigenvalue weighted by atomic mass is 79.9. The van der Waals surface area contributed by atoms with Gasteiger partial charge in [-0.25, -0.2) is 9.48 Å². The zero-order valence-corrected chi connectivity index (χ0v) is 19.1. The maximum atomic E-state index is 12.9. The summed E-state index contributed by atoms with van der Waals surface area (Å²) >= 11 is 3.29. The Morgan fingerprint density at radius 2 is 1.81 bits per heavy atom. The number of esters is 1. The van der Waals surface area contributed by atoms with Gasteiger partial charge in [-0.1, -0.05) is 18.2 Å². The van der Waals surface area contributed by atoms with Crippen molar-refractivity contribution in [2.24, 2.45) is 7.05 Å². The number of benzene rings is 2. The molecular weight excluding hydrogens is 466 g/mol. The zero-order chi connectivity index (χ0) is 22.7. The smallest absolute Gasteiger partial charge is 0.340 e. The quantitative estimate of drug-likeness (QED) is 0.537. The predicted molar refractivity (Wildman–Crippen MR) is 120 cm³/mol. The van der Waals surface area contributed by atoms with Crippen molar-refractivity contribution in [2.75, 3.05) is 12.4 Å². The Bertz CT molecular complexity index is 1180. The van der Waals surface area contributed by atoms with Crippen LogP contribution in [0.1, 0.15) is 23.0 Å². The van der Waals surface area contributed by atoms with E-state index in [1.807, 2.05) is 18.2 Å². The lowest BCUT2D eigenvalue weighted by atomic mass is 10.2. The van der Waals surface area contributed by atoms with Crippen molar-refractivity contribution in [1.82, 2.24) is 9.36 Å². The fourth-order valence-electron chi connectivity index (χ4n) is 3.00. The number of halogens is 1. The average Bonchev–Trinajstić information content (AvgIpc) is 2.97. The lowest BCUT2D eigenvalue weighted by Crippen LogP contribution is -2.32. The fraction of sp³-hybridized carbons (Fsp3) is 0.227. The topological polar surface area (TPSA) is 91.6 Å². The molecule has 0 unspecified atom stereocenters. The Kier molecular flexibility index (Phi) is 6.65. The highest BCUT2D eigenvalue weighted by molar-refractivity contribution is 9.10. The molecule has 0 fully saturated rings. The largest absolute Gasteiger partial charge is 0.497 e. The van der Waals surface area contributed by atoms with Gasteiger partial charge in [-0.3, -0.25) is 14.3 Å². The van der Waals surface area contributed by atoms with Crippen LogP contribution in [0.25, 0.3) is 5.69 Å². The van der Waals surface area contributed by atoms with Crippen molar-refractivity contribution in [1.29, 1.82) is 0 Å². The third-order valence-corrected chi connectivity index (χ3v) is 5.54. The Labute approximate surface area is 187 Å². The monoisotopic (exact) mass is 487 g/mol. The normalized spacial score (nSPS) is 11.6. The van der Waals surface area contributed by atoms with Crippen molar-refractivity contribution >= 4 is 33.5 Å². The lowest BCUT2D eigenvalue weighted by molar-refractivity contribution is -0.123. The first-order valence-electron chi connectivity index (χ1n) is 9.44. The molecule has 1 N–H and O–H groups in total. The standard InChI is InChI=1S/C22H22BrN3O5/c1-13-19(21(28)26(25(13)3)15-8-6-5-7-9-15)24-20(27)14(2)31-22(29)17-12-16(30-4)10-11-18(17)23/h5-12,14H,1-4H3,(H,24,27)/t14-/m1/s1. The van der Waals surface area contributed by atoms with Gasteiger partial charge in [0.15, 0.2) is 6.10 Å². The Morgan fingerprint density at radius 1 is 1.13 bits per heavy atom. The molecule has 2 aromatic carbocycles. The molecule has 1 aromatic heterocycles. The van der Waals surface area contributed by atoms with Gasteiger partial charge in [0.2, 0.25) is 0 Å². The van der Waals surface area contributed by atoms with E-state index in [4.69, 9.17) is 9.47 Å². The molecule has 0 aliphatic heterocycles. The highest BCUT2D eigenvalue weighted by Gasteiger charge is 2.24. The van der Waals surface area contributed by atoms with Crippen LogP contribution in [0.15, 0.2) is 57.8 Å². The summed E-state index contributed by atoms with van der Waals surface area (Å²) in [7, 11) is 3.21. The van der Waals surface area contributed by atoms with Crippen molar-refractivity contribution < 1.29 is 19.1 Å². The third-order valence-electron chi connectivity index (χ3n) is 4.85. The SMILES string of the molecule is COc1ccc(Br)c(C(=O)O[C@H](C)C(=O)Nc2c(C)n(C)n(-c3ccccc3)c2=O)c1. The molecule has 0 bridgehead atoms. The molecule has 3 aromatic rings. The van der Waals surface area contributed by atoms with Gasteiger partial charge in [0.1, 0.15) is 11.4 Å². The molecule has 31 heavy (non-hydrogen) atoms. The van der Waals surface area contributed by atoms with Crippen molar-refractivity contribution in [3.05, 3.63) is 74.6 Å². The van der Waals surface area contributed by atoms with Crippen molar-refractivity contribution in [2.45, 2.75) is 20.0 Å².